The minimum absolute atomic E-state index is 0. The summed E-state index contributed by atoms with van der Waals surface area (Å²) < 4.78 is 9.89. The summed E-state index contributed by atoms with van der Waals surface area (Å²) in [6.45, 7) is 1.95. The minimum Gasteiger partial charge on any atom is -1.00 e. The number of rotatable bonds is 7. The zero-order chi connectivity index (χ0) is 17.7. The molecule has 2 N–H and O–H groups in total. The molecule has 0 radical (unpaired) electrons. The highest BCUT2D eigenvalue weighted by atomic mass is 35.5. The molecular formula is C16H20ClN2O5S-. The molecule has 2 atom stereocenters. The van der Waals surface area contributed by atoms with E-state index in [9.17, 15) is 14.4 Å². The monoisotopic (exact) mass is 387 g/mol. The van der Waals surface area contributed by atoms with E-state index in [1.165, 1.54) is 11.8 Å². The highest BCUT2D eigenvalue weighted by Gasteiger charge is 2.40. The predicted molar refractivity (Wildman–Crippen MR) is 91.0 cm³/mol. The number of halogens is 1. The Hall–Kier alpha value is -1.77. The second-order valence-electron chi connectivity index (χ2n) is 5.15. The molecule has 0 aromatic heterocycles. The van der Waals surface area contributed by atoms with E-state index < -0.39 is 17.3 Å². The Morgan fingerprint density at radius 2 is 2.00 bits per heavy atom. The molecule has 1 saturated heterocycles. The van der Waals surface area contributed by atoms with Crippen molar-refractivity contribution < 1.29 is 36.3 Å². The van der Waals surface area contributed by atoms with Gasteiger partial charge in [0.25, 0.3) is 0 Å². The fourth-order valence-corrected chi connectivity index (χ4v) is 3.36. The van der Waals surface area contributed by atoms with Crippen molar-refractivity contribution in [1.82, 2.24) is 0 Å². The zero-order valence-corrected chi connectivity index (χ0v) is 15.5. The fourth-order valence-electron chi connectivity index (χ4n) is 2.27. The molecule has 0 aliphatic carbocycles. The van der Waals surface area contributed by atoms with Gasteiger partial charge in [-0.25, -0.2) is 4.90 Å². The number of benzene rings is 1. The first-order valence-corrected chi connectivity index (χ1v) is 8.57. The Morgan fingerprint density at radius 1 is 1.36 bits per heavy atom. The summed E-state index contributed by atoms with van der Waals surface area (Å²) >= 11 is 1.20. The summed E-state index contributed by atoms with van der Waals surface area (Å²) in [6.07, 6.45) is 0.0884. The van der Waals surface area contributed by atoms with Gasteiger partial charge in [0.15, 0.2) is 0 Å². The Balaban J connectivity index is 0.00000312. The molecule has 2 rings (SSSR count). The van der Waals surface area contributed by atoms with Gasteiger partial charge in [0.05, 0.1) is 24.7 Å². The van der Waals surface area contributed by atoms with Crippen LogP contribution in [0.4, 0.5) is 5.69 Å². The fraction of sp³-hybridized carbons (Fsp3) is 0.438. The third-order valence-corrected chi connectivity index (χ3v) is 4.82. The van der Waals surface area contributed by atoms with Gasteiger partial charge in [-0.2, -0.15) is 0 Å². The van der Waals surface area contributed by atoms with Crippen molar-refractivity contribution in [2.45, 2.75) is 24.6 Å². The second kappa shape index (κ2) is 9.65. The van der Waals surface area contributed by atoms with E-state index in [0.29, 0.717) is 11.4 Å². The number of hydrogen-bond acceptors (Lipinski definition) is 7. The molecule has 0 spiro atoms. The van der Waals surface area contributed by atoms with Crippen LogP contribution in [0.1, 0.15) is 13.3 Å². The van der Waals surface area contributed by atoms with Gasteiger partial charge in [-0.3, -0.25) is 14.4 Å². The predicted octanol–water partition coefficient (Wildman–Crippen LogP) is -2.05. The second-order valence-corrected chi connectivity index (χ2v) is 6.39. The van der Waals surface area contributed by atoms with Gasteiger partial charge in [-0.05, 0) is 31.2 Å². The molecule has 1 aromatic rings. The smallest absolute Gasteiger partial charge is 0.323 e. The Labute approximate surface area is 156 Å². The SMILES string of the molecule is CCOC(=O)C(N)CSC1CC(=O)N(c2ccc(OC)cc2)C1=O.[Cl-]. The molecule has 25 heavy (non-hydrogen) atoms. The van der Waals surface area contributed by atoms with Gasteiger partial charge in [-0.15, -0.1) is 11.8 Å². The van der Waals surface area contributed by atoms with Crippen molar-refractivity contribution in [2.75, 3.05) is 24.4 Å². The van der Waals surface area contributed by atoms with Crippen LogP contribution in [-0.4, -0.2) is 48.5 Å². The first kappa shape index (κ1) is 21.3. The quantitative estimate of drug-likeness (QED) is 0.425. The van der Waals surface area contributed by atoms with Crippen molar-refractivity contribution in [3.63, 3.8) is 0 Å². The number of ether oxygens (including phenoxy) is 2. The first-order chi connectivity index (χ1) is 11.5. The summed E-state index contributed by atoms with van der Waals surface area (Å²) in [4.78, 5) is 37.3. The van der Waals surface area contributed by atoms with Crippen molar-refractivity contribution in [3.05, 3.63) is 24.3 Å². The number of amides is 2. The van der Waals surface area contributed by atoms with Crippen molar-refractivity contribution in [3.8, 4) is 5.75 Å². The van der Waals surface area contributed by atoms with Crippen LogP contribution in [0.25, 0.3) is 0 Å². The topological polar surface area (TPSA) is 98.9 Å². The molecular weight excluding hydrogens is 368 g/mol. The number of carbonyl (C=O) groups excluding carboxylic acids is 3. The normalized spacial score (nSPS) is 17.9. The lowest BCUT2D eigenvalue weighted by Crippen LogP contribution is -3.00. The molecule has 1 aromatic carbocycles. The molecule has 1 heterocycles. The van der Waals surface area contributed by atoms with Crippen LogP contribution in [0, 0.1) is 0 Å². The summed E-state index contributed by atoms with van der Waals surface area (Å²) in [7, 11) is 1.54. The molecule has 2 unspecified atom stereocenters. The van der Waals surface area contributed by atoms with Crippen LogP contribution in [0.3, 0.4) is 0 Å². The highest BCUT2D eigenvalue weighted by Crippen LogP contribution is 2.30. The van der Waals surface area contributed by atoms with Crippen LogP contribution >= 0.6 is 11.8 Å². The van der Waals surface area contributed by atoms with Gasteiger partial charge in [0.1, 0.15) is 11.8 Å². The van der Waals surface area contributed by atoms with Gasteiger partial charge >= 0.3 is 5.97 Å². The van der Waals surface area contributed by atoms with Crippen molar-refractivity contribution >= 4 is 35.2 Å². The van der Waals surface area contributed by atoms with Crippen LogP contribution < -0.4 is 27.8 Å². The van der Waals surface area contributed by atoms with E-state index in [0.717, 1.165) is 4.90 Å². The number of imide groups is 1. The third kappa shape index (κ3) is 5.10. The van der Waals surface area contributed by atoms with Gasteiger partial charge in [0, 0.05) is 12.2 Å². The lowest BCUT2D eigenvalue weighted by atomic mass is 10.3. The molecule has 138 valence electrons. The molecule has 7 nitrogen and oxygen atoms in total. The van der Waals surface area contributed by atoms with E-state index >= 15 is 0 Å². The number of esters is 1. The lowest BCUT2D eigenvalue weighted by molar-refractivity contribution is -0.144. The lowest BCUT2D eigenvalue weighted by Gasteiger charge is -2.16. The maximum atomic E-state index is 12.5. The van der Waals surface area contributed by atoms with Crippen molar-refractivity contribution in [2.24, 2.45) is 5.73 Å². The number of hydrogen-bond donors (Lipinski definition) is 1. The van der Waals surface area contributed by atoms with Gasteiger partial charge < -0.3 is 27.6 Å². The van der Waals surface area contributed by atoms with E-state index in [2.05, 4.69) is 0 Å². The molecule has 1 aliphatic rings. The largest absolute Gasteiger partial charge is 1.00 e. The van der Waals surface area contributed by atoms with E-state index in [-0.39, 0.29) is 43.0 Å². The van der Waals surface area contributed by atoms with Crippen LogP contribution in [0.2, 0.25) is 0 Å². The Bertz CT molecular complexity index is 625. The third-order valence-electron chi connectivity index (χ3n) is 3.50. The summed E-state index contributed by atoms with van der Waals surface area (Å²) in [6, 6.07) is 5.88. The number of nitrogens with zero attached hydrogens (tertiary/aromatic N) is 1. The number of anilines is 1. The van der Waals surface area contributed by atoms with E-state index in [4.69, 9.17) is 15.2 Å². The van der Waals surface area contributed by atoms with E-state index in [1.54, 1.807) is 38.3 Å². The molecule has 0 saturated carbocycles. The minimum atomic E-state index is -0.812. The zero-order valence-electron chi connectivity index (χ0n) is 13.9. The molecule has 1 fully saturated rings. The van der Waals surface area contributed by atoms with Crippen LogP contribution in [0.5, 0.6) is 5.75 Å². The molecule has 0 bridgehead atoms. The highest BCUT2D eigenvalue weighted by molar-refractivity contribution is 8.00. The first-order valence-electron chi connectivity index (χ1n) is 7.52. The summed E-state index contributed by atoms with van der Waals surface area (Å²) in [5.74, 6) is -0.213. The number of methoxy groups -OCH3 is 1. The number of thioether (sulfide) groups is 1. The van der Waals surface area contributed by atoms with Crippen molar-refractivity contribution in [1.29, 1.82) is 0 Å². The molecule has 1 aliphatic heterocycles. The standard InChI is InChI=1S/C16H20N2O5S.ClH/c1-3-23-16(21)12(17)9-24-13-8-14(19)18(15(13)20)10-4-6-11(22-2)7-5-10;/h4-7,12-13H,3,8-9,17H2,1-2H3;1H/p-1. The Kier molecular flexibility index (Phi) is 8.21. The maximum Gasteiger partial charge on any atom is 0.323 e. The number of carbonyl (C=O) groups is 3. The van der Waals surface area contributed by atoms with Gasteiger partial charge in [-0.1, -0.05) is 0 Å². The average Bonchev–Trinajstić information content (AvgIpc) is 2.86. The average molecular weight is 388 g/mol. The van der Waals surface area contributed by atoms with E-state index in [1.807, 2.05) is 0 Å². The summed E-state index contributed by atoms with van der Waals surface area (Å²) in [5, 5.41) is -0.542. The van der Waals surface area contributed by atoms with Gasteiger partial charge in [0.2, 0.25) is 11.8 Å². The molecule has 9 heteroatoms. The maximum absolute atomic E-state index is 12.5. The Morgan fingerprint density at radius 3 is 2.56 bits per heavy atom. The van der Waals surface area contributed by atoms with Crippen LogP contribution in [-0.2, 0) is 19.1 Å². The number of nitrogens with two attached hydrogens (primary N) is 1. The summed E-state index contributed by atoms with van der Waals surface area (Å²) in [5.41, 5.74) is 6.22. The molecule has 2 amide bonds. The van der Waals surface area contributed by atoms with Crippen LogP contribution in [0.15, 0.2) is 24.3 Å².